The largest absolute Gasteiger partial charge is 0.441 e. The number of likely N-dealkylation sites (tertiary alicyclic amines) is 1. The number of nitrogens with zero attached hydrogens (tertiary/aromatic N) is 2. The van der Waals surface area contributed by atoms with E-state index in [4.69, 9.17) is 4.42 Å². The molecule has 1 unspecified atom stereocenters. The fourth-order valence-electron chi connectivity index (χ4n) is 2.75. The first-order valence-electron chi connectivity index (χ1n) is 7.11. The molecule has 1 atom stereocenters. The number of oxazole rings is 1. The van der Waals surface area contributed by atoms with Gasteiger partial charge in [0.05, 0.1) is 12.3 Å². The topological polar surface area (TPSA) is 49.5 Å². The second kappa shape index (κ2) is 6.08. The smallest absolute Gasteiger partial charge is 0.227 e. The highest BCUT2D eigenvalue weighted by molar-refractivity contribution is 7.08. The summed E-state index contributed by atoms with van der Waals surface area (Å²) < 4.78 is 5.78. The van der Waals surface area contributed by atoms with E-state index in [1.165, 1.54) is 12.8 Å². The van der Waals surface area contributed by atoms with Gasteiger partial charge in [-0.05, 0) is 37.8 Å². The number of aliphatic hydroxyl groups is 1. The van der Waals surface area contributed by atoms with Gasteiger partial charge in [0.2, 0.25) is 5.89 Å². The number of hydrogen-bond acceptors (Lipinski definition) is 5. The quantitative estimate of drug-likeness (QED) is 0.941. The van der Waals surface area contributed by atoms with E-state index in [0.717, 1.165) is 36.5 Å². The molecular weight excluding hydrogens is 272 g/mol. The molecule has 2 aromatic rings. The Hall–Kier alpha value is -1.17. The van der Waals surface area contributed by atoms with Crippen molar-refractivity contribution < 1.29 is 9.52 Å². The Balaban J connectivity index is 1.77. The molecule has 1 saturated heterocycles. The third-order valence-electron chi connectivity index (χ3n) is 3.97. The van der Waals surface area contributed by atoms with Crippen LogP contribution in [0.4, 0.5) is 0 Å². The van der Waals surface area contributed by atoms with E-state index >= 15 is 0 Å². The van der Waals surface area contributed by atoms with Gasteiger partial charge in [0.1, 0.15) is 5.76 Å². The Morgan fingerprint density at radius 2 is 2.40 bits per heavy atom. The van der Waals surface area contributed by atoms with Gasteiger partial charge in [-0.2, -0.15) is 11.3 Å². The van der Waals surface area contributed by atoms with Gasteiger partial charge in [-0.3, -0.25) is 4.90 Å². The molecule has 0 bridgehead atoms. The zero-order chi connectivity index (χ0) is 13.9. The third-order valence-corrected chi connectivity index (χ3v) is 4.66. The predicted octanol–water partition coefficient (Wildman–Crippen LogP) is 3.06. The molecule has 1 aliphatic rings. The van der Waals surface area contributed by atoms with Crippen LogP contribution in [0.1, 0.15) is 30.7 Å². The van der Waals surface area contributed by atoms with Crippen molar-refractivity contribution in [2.75, 3.05) is 13.2 Å². The molecule has 1 aliphatic heterocycles. The molecule has 0 spiro atoms. The number of thiophene rings is 1. The van der Waals surface area contributed by atoms with Gasteiger partial charge in [0, 0.05) is 23.5 Å². The molecule has 4 nitrogen and oxygen atoms in total. The monoisotopic (exact) mass is 292 g/mol. The van der Waals surface area contributed by atoms with Crippen LogP contribution in [0.25, 0.3) is 11.5 Å². The highest BCUT2D eigenvalue weighted by atomic mass is 32.1. The summed E-state index contributed by atoms with van der Waals surface area (Å²) in [6.45, 7) is 4.00. The van der Waals surface area contributed by atoms with Gasteiger partial charge < -0.3 is 9.52 Å². The molecule has 0 radical (unpaired) electrons. The van der Waals surface area contributed by atoms with Gasteiger partial charge in [-0.1, -0.05) is 6.42 Å². The van der Waals surface area contributed by atoms with Crippen LogP contribution in [0.5, 0.6) is 0 Å². The summed E-state index contributed by atoms with van der Waals surface area (Å²) in [6, 6.07) is 2.29. The SMILES string of the molecule is Cc1oc(-c2ccsc2)nc1CN1CCCCC1CO. The Labute approximate surface area is 123 Å². The number of piperidine rings is 1. The lowest BCUT2D eigenvalue weighted by Crippen LogP contribution is -2.41. The molecule has 0 aromatic carbocycles. The van der Waals surface area contributed by atoms with Crippen molar-refractivity contribution in [3.8, 4) is 11.5 Å². The zero-order valence-corrected chi connectivity index (χ0v) is 12.5. The minimum Gasteiger partial charge on any atom is -0.441 e. The van der Waals surface area contributed by atoms with E-state index in [9.17, 15) is 5.11 Å². The van der Waals surface area contributed by atoms with Crippen LogP contribution in [0.2, 0.25) is 0 Å². The van der Waals surface area contributed by atoms with Gasteiger partial charge >= 0.3 is 0 Å². The van der Waals surface area contributed by atoms with Crippen LogP contribution in [0, 0.1) is 6.92 Å². The van der Waals surface area contributed by atoms with E-state index in [2.05, 4.69) is 9.88 Å². The summed E-state index contributed by atoms with van der Waals surface area (Å²) in [7, 11) is 0. The third kappa shape index (κ3) is 2.80. The average molecular weight is 292 g/mol. The number of aryl methyl sites for hydroxylation is 1. The van der Waals surface area contributed by atoms with Crippen molar-refractivity contribution in [3.05, 3.63) is 28.3 Å². The summed E-state index contributed by atoms with van der Waals surface area (Å²) in [4.78, 5) is 6.96. The Kier molecular flexibility index (Phi) is 4.19. The van der Waals surface area contributed by atoms with Crippen molar-refractivity contribution in [3.63, 3.8) is 0 Å². The molecule has 3 rings (SSSR count). The zero-order valence-electron chi connectivity index (χ0n) is 11.7. The van der Waals surface area contributed by atoms with E-state index in [1.807, 2.05) is 23.8 Å². The van der Waals surface area contributed by atoms with E-state index in [1.54, 1.807) is 11.3 Å². The first-order chi connectivity index (χ1) is 9.78. The van der Waals surface area contributed by atoms with Crippen molar-refractivity contribution in [2.24, 2.45) is 0 Å². The summed E-state index contributed by atoms with van der Waals surface area (Å²) in [5, 5.41) is 13.6. The van der Waals surface area contributed by atoms with E-state index < -0.39 is 0 Å². The summed E-state index contributed by atoms with van der Waals surface area (Å²) >= 11 is 1.65. The lowest BCUT2D eigenvalue weighted by atomic mass is 10.0. The predicted molar refractivity (Wildman–Crippen MR) is 79.7 cm³/mol. The standard InChI is InChI=1S/C15H20N2O2S/c1-11-14(8-17-6-3-2-4-13(17)9-18)16-15(19-11)12-5-7-20-10-12/h5,7,10,13,18H,2-4,6,8-9H2,1H3. The maximum Gasteiger partial charge on any atom is 0.227 e. The Morgan fingerprint density at radius 3 is 3.15 bits per heavy atom. The minimum atomic E-state index is 0.230. The fourth-order valence-corrected chi connectivity index (χ4v) is 3.38. The van der Waals surface area contributed by atoms with Gasteiger partial charge in [0.25, 0.3) is 0 Å². The molecule has 0 saturated carbocycles. The molecule has 0 aliphatic carbocycles. The maximum absolute atomic E-state index is 9.48. The molecular formula is C15H20N2O2S. The number of aliphatic hydroxyl groups excluding tert-OH is 1. The normalized spacial score (nSPS) is 20.4. The molecule has 1 fully saturated rings. The first-order valence-corrected chi connectivity index (χ1v) is 8.06. The molecule has 20 heavy (non-hydrogen) atoms. The molecule has 1 N–H and O–H groups in total. The van der Waals surface area contributed by atoms with Crippen LogP contribution in [-0.2, 0) is 6.54 Å². The van der Waals surface area contributed by atoms with Crippen molar-refractivity contribution in [1.29, 1.82) is 0 Å². The van der Waals surface area contributed by atoms with Crippen molar-refractivity contribution in [2.45, 2.75) is 38.8 Å². The highest BCUT2D eigenvalue weighted by Gasteiger charge is 2.24. The second-order valence-corrected chi connectivity index (χ2v) is 6.12. The Morgan fingerprint density at radius 1 is 1.50 bits per heavy atom. The molecule has 2 aromatic heterocycles. The Bertz CT molecular complexity index is 550. The first kappa shape index (κ1) is 13.8. The lowest BCUT2D eigenvalue weighted by molar-refractivity contribution is 0.0828. The van der Waals surface area contributed by atoms with Crippen LogP contribution in [-0.4, -0.2) is 34.2 Å². The summed E-state index contributed by atoms with van der Waals surface area (Å²) in [5.74, 6) is 1.59. The van der Waals surface area contributed by atoms with Crippen molar-refractivity contribution >= 4 is 11.3 Å². The maximum atomic E-state index is 9.48. The molecule has 0 amide bonds. The lowest BCUT2D eigenvalue weighted by Gasteiger charge is -2.33. The van der Waals surface area contributed by atoms with Crippen LogP contribution < -0.4 is 0 Å². The van der Waals surface area contributed by atoms with Gasteiger partial charge in [-0.15, -0.1) is 0 Å². The second-order valence-electron chi connectivity index (χ2n) is 5.34. The molecule has 3 heterocycles. The van der Waals surface area contributed by atoms with Crippen LogP contribution >= 0.6 is 11.3 Å². The number of rotatable bonds is 4. The van der Waals surface area contributed by atoms with Gasteiger partial charge in [0.15, 0.2) is 0 Å². The van der Waals surface area contributed by atoms with Crippen LogP contribution in [0.15, 0.2) is 21.2 Å². The fraction of sp³-hybridized carbons (Fsp3) is 0.533. The van der Waals surface area contributed by atoms with Gasteiger partial charge in [-0.25, -0.2) is 4.98 Å². The summed E-state index contributed by atoms with van der Waals surface area (Å²) in [5.41, 5.74) is 2.04. The van der Waals surface area contributed by atoms with E-state index in [-0.39, 0.29) is 12.6 Å². The number of aromatic nitrogens is 1. The van der Waals surface area contributed by atoms with E-state index in [0.29, 0.717) is 5.89 Å². The summed E-state index contributed by atoms with van der Waals surface area (Å²) in [6.07, 6.45) is 3.48. The highest BCUT2D eigenvalue weighted by Crippen LogP contribution is 2.26. The average Bonchev–Trinajstić information content (AvgIpc) is 3.10. The molecule has 108 valence electrons. The number of hydrogen-bond donors (Lipinski definition) is 1. The minimum absolute atomic E-state index is 0.230. The van der Waals surface area contributed by atoms with Crippen LogP contribution in [0.3, 0.4) is 0 Å². The van der Waals surface area contributed by atoms with Crippen molar-refractivity contribution in [1.82, 2.24) is 9.88 Å². The molecule has 5 heteroatoms.